The summed E-state index contributed by atoms with van der Waals surface area (Å²) in [6.45, 7) is 3.77. The number of hydrogen-bond acceptors (Lipinski definition) is 3. The fourth-order valence-corrected chi connectivity index (χ4v) is 3.83. The molecule has 0 fully saturated rings. The van der Waals surface area contributed by atoms with Gasteiger partial charge in [-0.1, -0.05) is 35.3 Å². The van der Waals surface area contributed by atoms with Gasteiger partial charge < -0.3 is 4.74 Å². The number of halogens is 2. The third-order valence-electron chi connectivity index (χ3n) is 4.74. The van der Waals surface area contributed by atoms with Gasteiger partial charge in [0.2, 0.25) is 5.88 Å². The van der Waals surface area contributed by atoms with Gasteiger partial charge in [-0.15, -0.1) is 0 Å². The quantitative estimate of drug-likeness (QED) is 0.700. The normalized spacial score (nSPS) is 17.4. The molecule has 0 spiro atoms. The van der Waals surface area contributed by atoms with Crippen LogP contribution in [0.3, 0.4) is 0 Å². The fourth-order valence-electron chi connectivity index (χ4n) is 3.58. The topological polar surface area (TPSA) is 64.1 Å². The number of benzene rings is 2. The van der Waals surface area contributed by atoms with Gasteiger partial charge in [0.15, 0.2) is 0 Å². The van der Waals surface area contributed by atoms with Crippen molar-refractivity contribution < 1.29 is 4.74 Å². The van der Waals surface area contributed by atoms with E-state index in [-0.39, 0.29) is 11.8 Å². The van der Waals surface area contributed by atoms with Crippen LogP contribution in [0.2, 0.25) is 10.0 Å². The van der Waals surface area contributed by atoms with Crippen molar-refractivity contribution in [3.05, 3.63) is 90.5 Å². The van der Waals surface area contributed by atoms with Crippen molar-refractivity contribution in [1.82, 2.24) is 9.55 Å². The monoisotopic (exact) mass is 402 g/mol. The van der Waals surface area contributed by atoms with Crippen LogP contribution in [0.5, 0.6) is 5.88 Å². The standard InChI is InChI=1S/C20H16Cl2N2O3/c1-20(2)16(11-3-5-12(21)6-4-11)15-17(27-20)23-19(26)24(18(15)25)14-9-7-13(22)8-10-14/h3-10,16H,1-2H3,(H,23,26). The van der Waals surface area contributed by atoms with Gasteiger partial charge in [-0.2, -0.15) is 0 Å². The molecule has 2 aromatic carbocycles. The minimum atomic E-state index is -0.711. The van der Waals surface area contributed by atoms with E-state index >= 15 is 0 Å². The summed E-state index contributed by atoms with van der Waals surface area (Å²) in [4.78, 5) is 28.6. The predicted molar refractivity (Wildman–Crippen MR) is 106 cm³/mol. The summed E-state index contributed by atoms with van der Waals surface area (Å²) in [5.74, 6) is -0.146. The maximum absolute atomic E-state index is 13.3. The second-order valence-corrected chi connectivity index (χ2v) is 7.85. The summed E-state index contributed by atoms with van der Waals surface area (Å²) >= 11 is 11.9. The molecule has 27 heavy (non-hydrogen) atoms. The van der Waals surface area contributed by atoms with Gasteiger partial charge in [-0.3, -0.25) is 9.78 Å². The highest BCUT2D eigenvalue weighted by Gasteiger charge is 2.45. The Labute approximate surface area is 165 Å². The van der Waals surface area contributed by atoms with E-state index in [0.717, 1.165) is 10.1 Å². The highest BCUT2D eigenvalue weighted by atomic mass is 35.5. The van der Waals surface area contributed by atoms with Crippen LogP contribution >= 0.6 is 23.2 Å². The summed E-state index contributed by atoms with van der Waals surface area (Å²) in [6.07, 6.45) is 0. The van der Waals surface area contributed by atoms with E-state index < -0.39 is 16.9 Å². The van der Waals surface area contributed by atoms with Gasteiger partial charge in [0, 0.05) is 10.0 Å². The van der Waals surface area contributed by atoms with E-state index in [1.54, 1.807) is 36.4 Å². The number of aromatic nitrogens is 2. The Kier molecular flexibility index (Phi) is 4.17. The van der Waals surface area contributed by atoms with Crippen molar-refractivity contribution in [3.63, 3.8) is 0 Å². The summed E-state index contributed by atoms with van der Waals surface area (Å²) in [7, 11) is 0. The molecule has 7 heteroatoms. The summed E-state index contributed by atoms with van der Waals surface area (Å²) in [6, 6.07) is 13.8. The van der Waals surface area contributed by atoms with Crippen LogP contribution in [-0.4, -0.2) is 15.2 Å². The molecular weight excluding hydrogens is 387 g/mol. The van der Waals surface area contributed by atoms with Crippen LogP contribution in [0.4, 0.5) is 0 Å². The number of aromatic amines is 1. The zero-order chi connectivity index (χ0) is 19.3. The molecule has 1 aromatic heterocycles. The van der Waals surface area contributed by atoms with Crippen LogP contribution in [0.1, 0.15) is 30.9 Å². The molecule has 5 nitrogen and oxygen atoms in total. The third kappa shape index (κ3) is 2.97. The number of rotatable bonds is 2. The lowest BCUT2D eigenvalue weighted by molar-refractivity contribution is 0.117. The molecule has 3 aromatic rings. The number of nitrogens with one attached hydrogen (secondary N) is 1. The molecule has 0 bridgehead atoms. The first-order valence-corrected chi connectivity index (χ1v) is 9.13. The van der Waals surface area contributed by atoms with Gasteiger partial charge in [-0.25, -0.2) is 9.36 Å². The van der Waals surface area contributed by atoms with Crippen LogP contribution in [0, 0.1) is 0 Å². The van der Waals surface area contributed by atoms with Gasteiger partial charge in [0.25, 0.3) is 5.56 Å². The summed E-state index contributed by atoms with van der Waals surface area (Å²) < 4.78 is 7.04. The largest absolute Gasteiger partial charge is 0.471 e. The second-order valence-electron chi connectivity index (χ2n) is 6.98. The number of hydrogen-bond donors (Lipinski definition) is 1. The Balaban J connectivity index is 1.97. The molecule has 4 rings (SSSR count). The maximum atomic E-state index is 13.3. The van der Waals surface area contributed by atoms with E-state index in [4.69, 9.17) is 27.9 Å². The Morgan fingerprint density at radius 3 is 2.11 bits per heavy atom. The van der Waals surface area contributed by atoms with Crippen molar-refractivity contribution in [2.75, 3.05) is 0 Å². The smallest absolute Gasteiger partial charge is 0.335 e. The highest BCUT2D eigenvalue weighted by molar-refractivity contribution is 6.30. The molecule has 1 atom stereocenters. The molecule has 0 saturated carbocycles. The number of nitrogens with zero attached hydrogens (tertiary/aromatic N) is 1. The molecule has 1 N–H and O–H groups in total. The van der Waals surface area contributed by atoms with E-state index in [2.05, 4.69) is 4.98 Å². The Morgan fingerprint density at radius 1 is 0.963 bits per heavy atom. The maximum Gasteiger partial charge on any atom is 0.335 e. The average Bonchev–Trinajstić information content (AvgIpc) is 2.87. The summed E-state index contributed by atoms with van der Waals surface area (Å²) in [5, 5.41) is 1.13. The number of H-pyrrole nitrogens is 1. The molecule has 138 valence electrons. The Hall–Kier alpha value is -2.50. The predicted octanol–water partition coefficient (Wildman–Crippen LogP) is 4.14. The van der Waals surface area contributed by atoms with E-state index in [0.29, 0.717) is 21.3 Å². The fraction of sp³-hybridized carbons (Fsp3) is 0.200. The Morgan fingerprint density at radius 2 is 1.52 bits per heavy atom. The molecule has 2 heterocycles. The summed E-state index contributed by atoms with van der Waals surface area (Å²) in [5.41, 5.74) is 0.0484. The minimum Gasteiger partial charge on any atom is -0.471 e. The molecule has 1 aliphatic heterocycles. The molecule has 0 amide bonds. The number of fused-ring (bicyclic) bond motifs is 1. The Bertz CT molecular complexity index is 1130. The third-order valence-corrected chi connectivity index (χ3v) is 5.24. The van der Waals surface area contributed by atoms with Crippen molar-refractivity contribution in [1.29, 1.82) is 0 Å². The van der Waals surface area contributed by atoms with Crippen LogP contribution < -0.4 is 16.0 Å². The first kappa shape index (κ1) is 17.9. The van der Waals surface area contributed by atoms with Crippen LogP contribution in [0.15, 0.2) is 58.1 Å². The minimum absolute atomic E-state index is 0.208. The van der Waals surface area contributed by atoms with E-state index in [1.807, 2.05) is 26.0 Å². The lowest BCUT2D eigenvalue weighted by Crippen LogP contribution is -2.36. The molecule has 1 unspecified atom stereocenters. The molecule has 1 aliphatic rings. The van der Waals surface area contributed by atoms with E-state index in [9.17, 15) is 9.59 Å². The van der Waals surface area contributed by atoms with Crippen molar-refractivity contribution in [3.8, 4) is 11.6 Å². The van der Waals surface area contributed by atoms with Gasteiger partial charge in [0.1, 0.15) is 5.60 Å². The zero-order valence-corrected chi connectivity index (χ0v) is 16.1. The highest BCUT2D eigenvalue weighted by Crippen LogP contribution is 2.45. The second kappa shape index (κ2) is 6.29. The lowest BCUT2D eigenvalue weighted by Gasteiger charge is -2.26. The SMILES string of the molecule is CC1(C)Oc2[nH]c(=O)n(-c3ccc(Cl)cc3)c(=O)c2C1c1ccc(Cl)cc1. The van der Waals surface area contributed by atoms with E-state index in [1.165, 1.54) is 0 Å². The van der Waals surface area contributed by atoms with Crippen molar-refractivity contribution in [2.24, 2.45) is 0 Å². The van der Waals surface area contributed by atoms with Crippen LogP contribution in [-0.2, 0) is 0 Å². The van der Waals surface area contributed by atoms with Crippen molar-refractivity contribution >= 4 is 23.2 Å². The number of ether oxygens (including phenoxy) is 1. The van der Waals surface area contributed by atoms with Crippen molar-refractivity contribution in [2.45, 2.75) is 25.4 Å². The zero-order valence-electron chi connectivity index (χ0n) is 14.6. The lowest BCUT2D eigenvalue weighted by atomic mass is 9.82. The van der Waals surface area contributed by atoms with Gasteiger partial charge >= 0.3 is 5.69 Å². The first-order chi connectivity index (χ1) is 12.8. The molecular formula is C20H16Cl2N2O3. The van der Waals surface area contributed by atoms with Gasteiger partial charge in [-0.05, 0) is 55.8 Å². The first-order valence-electron chi connectivity index (χ1n) is 8.37. The average molecular weight is 403 g/mol. The molecule has 0 saturated heterocycles. The van der Waals surface area contributed by atoms with Gasteiger partial charge in [0.05, 0.1) is 17.2 Å². The van der Waals surface area contributed by atoms with Crippen LogP contribution in [0.25, 0.3) is 5.69 Å². The molecule has 0 aliphatic carbocycles. The molecule has 0 radical (unpaired) electrons.